The largest absolute Gasteiger partial charge is 0.507 e. The lowest BCUT2D eigenvalue weighted by atomic mass is 9.95. The smallest absolute Gasteiger partial charge is 0.301 e. The second kappa shape index (κ2) is 12.2. The number of aromatic nitrogens is 2. The fourth-order valence-electron chi connectivity index (χ4n) is 4.44. The lowest BCUT2D eigenvalue weighted by Gasteiger charge is -2.24. The Labute approximate surface area is 249 Å². The average Bonchev–Trinajstić information content (AvgIpc) is 3.57. The molecule has 1 aliphatic heterocycles. The van der Waals surface area contributed by atoms with E-state index in [-0.39, 0.29) is 16.5 Å². The molecule has 9 nitrogen and oxygen atoms in total. The molecule has 1 fully saturated rings. The number of methoxy groups -OCH3 is 3. The number of amides is 1. The number of Topliss-reactive ketones (excluding diaryl/α,β-unsaturated/α-hetero) is 1. The molecule has 4 aromatic rings. The van der Waals surface area contributed by atoms with Crippen LogP contribution in [0.15, 0.2) is 76.6 Å². The van der Waals surface area contributed by atoms with E-state index in [1.54, 1.807) is 42.5 Å². The molecule has 1 amide bonds. The Morgan fingerprint density at radius 2 is 1.63 bits per heavy atom. The number of ketones is 1. The molecular formula is C29H24ClN3O6S2. The van der Waals surface area contributed by atoms with E-state index >= 15 is 0 Å². The highest BCUT2D eigenvalue weighted by atomic mass is 35.5. The van der Waals surface area contributed by atoms with Gasteiger partial charge in [0.1, 0.15) is 5.76 Å². The van der Waals surface area contributed by atoms with Gasteiger partial charge in [-0.1, -0.05) is 77.2 Å². The summed E-state index contributed by atoms with van der Waals surface area (Å²) >= 11 is 8.60. The van der Waals surface area contributed by atoms with E-state index < -0.39 is 17.7 Å². The van der Waals surface area contributed by atoms with Crippen molar-refractivity contribution in [2.45, 2.75) is 16.1 Å². The van der Waals surface area contributed by atoms with Gasteiger partial charge in [-0.3, -0.25) is 14.5 Å². The lowest BCUT2D eigenvalue weighted by Crippen LogP contribution is -2.29. The second-order valence-electron chi connectivity index (χ2n) is 8.76. The topological polar surface area (TPSA) is 111 Å². The number of carbonyl (C=O) groups is 2. The molecule has 0 spiro atoms. The molecule has 1 aromatic heterocycles. The van der Waals surface area contributed by atoms with Crippen molar-refractivity contribution in [1.29, 1.82) is 0 Å². The van der Waals surface area contributed by atoms with E-state index in [4.69, 9.17) is 25.8 Å². The van der Waals surface area contributed by atoms with Crippen molar-refractivity contribution in [3.8, 4) is 17.2 Å². The highest BCUT2D eigenvalue weighted by molar-refractivity contribution is 8.00. The number of aliphatic hydroxyl groups is 1. The van der Waals surface area contributed by atoms with Gasteiger partial charge in [0.15, 0.2) is 15.8 Å². The molecule has 1 atom stereocenters. The summed E-state index contributed by atoms with van der Waals surface area (Å²) in [7, 11) is 4.42. The molecule has 5 rings (SSSR count). The Hall–Kier alpha value is -4.06. The van der Waals surface area contributed by atoms with E-state index in [1.165, 1.54) is 49.3 Å². The number of rotatable bonds is 9. The SMILES string of the molecule is COc1cc(C2/C(=C(/O)c3ccccc3)C(=O)C(=O)N2c2nnc(SCc3ccc(Cl)cc3)s2)cc(OC)c1OC. The summed E-state index contributed by atoms with van der Waals surface area (Å²) in [5, 5.41) is 20.7. The maximum atomic E-state index is 13.6. The molecule has 0 bridgehead atoms. The number of hydrogen-bond acceptors (Lipinski definition) is 10. The maximum Gasteiger partial charge on any atom is 0.301 e. The molecule has 210 valence electrons. The Balaban J connectivity index is 1.61. The van der Waals surface area contributed by atoms with Crippen molar-refractivity contribution in [3.05, 3.63) is 94.0 Å². The number of carbonyl (C=O) groups excluding carboxylic acids is 2. The molecule has 12 heteroatoms. The third-order valence-corrected chi connectivity index (χ3v) is 8.75. The fraction of sp³-hybridized carbons (Fsp3) is 0.172. The monoisotopic (exact) mass is 609 g/mol. The van der Waals surface area contributed by atoms with Crippen molar-refractivity contribution in [2.75, 3.05) is 26.2 Å². The summed E-state index contributed by atoms with van der Waals surface area (Å²) in [6.07, 6.45) is 0. The number of benzene rings is 3. The van der Waals surface area contributed by atoms with Crippen molar-refractivity contribution in [2.24, 2.45) is 0 Å². The zero-order valence-corrected chi connectivity index (χ0v) is 24.5. The van der Waals surface area contributed by atoms with Crippen LogP contribution < -0.4 is 19.1 Å². The standard InChI is InChI=1S/C29H24ClN3O6S2/c1-37-20-13-18(14-21(38-2)26(20)39-3)23-22(24(34)17-7-5-4-6-8-17)25(35)27(36)33(23)28-31-32-29(41-28)40-15-16-9-11-19(30)12-10-16/h4-14,23,34H,15H2,1-3H3/b24-22-. The first-order valence-corrected chi connectivity index (χ1v) is 14.4. The van der Waals surface area contributed by atoms with Gasteiger partial charge in [-0.25, -0.2) is 0 Å². The van der Waals surface area contributed by atoms with Crippen LogP contribution in [0.25, 0.3) is 5.76 Å². The zero-order valence-electron chi connectivity index (χ0n) is 22.2. The fourth-order valence-corrected chi connectivity index (χ4v) is 6.39. The predicted molar refractivity (Wildman–Crippen MR) is 158 cm³/mol. The van der Waals surface area contributed by atoms with Crippen molar-refractivity contribution < 1.29 is 28.9 Å². The summed E-state index contributed by atoms with van der Waals surface area (Å²) in [6.45, 7) is 0. The van der Waals surface area contributed by atoms with Gasteiger partial charge in [-0.05, 0) is 35.4 Å². The van der Waals surface area contributed by atoms with E-state index in [2.05, 4.69) is 10.2 Å². The van der Waals surface area contributed by atoms with Gasteiger partial charge < -0.3 is 19.3 Å². The van der Waals surface area contributed by atoms with Crippen LogP contribution in [0, 0.1) is 0 Å². The number of anilines is 1. The van der Waals surface area contributed by atoms with Crippen LogP contribution >= 0.6 is 34.7 Å². The molecule has 2 heterocycles. The van der Waals surface area contributed by atoms with Gasteiger partial charge in [0.25, 0.3) is 5.78 Å². The van der Waals surface area contributed by atoms with E-state index in [1.807, 2.05) is 24.3 Å². The summed E-state index contributed by atoms with van der Waals surface area (Å²) in [5.41, 5.74) is 1.78. The van der Waals surface area contributed by atoms with Crippen molar-refractivity contribution in [3.63, 3.8) is 0 Å². The average molecular weight is 610 g/mol. The molecule has 1 unspecified atom stereocenters. The number of hydrogen-bond donors (Lipinski definition) is 1. The van der Waals surface area contributed by atoms with Crippen LogP contribution in [0.5, 0.6) is 17.2 Å². The third kappa shape index (κ3) is 5.61. The van der Waals surface area contributed by atoms with Gasteiger partial charge in [0.2, 0.25) is 10.9 Å². The number of halogens is 1. The van der Waals surface area contributed by atoms with E-state index in [0.29, 0.717) is 43.5 Å². The van der Waals surface area contributed by atoms with Crippen LogP contribution in [-0.4, -0.2) is 48.3 Å². The molecule has 1 saturated heterocycles. The zero-order chi connectivity index (χ0) is 29.1. The summed E-state index contributed by atoms with van der Waals surface area (Å²) in [4.78, 5) is 28.3. The summed E-state index contributed by atoms with van der Waals surface area (Å²) in [6, 6.07) is 18.3. The second-order valence-corrected chi connectivity index (χ2v) is 11.4. The Morgan fingerprint density at radius 1 is 0.976 bits per heavy atom. The van der Waals surface area contributed by atoms with Gasteiger partial charge in [0, 0.05) is 16.3 Å². The van der Waals surface area contributed by atoms with E-state index in [0.717, 1.165) is 5.56 Å². The van der Waals surface area contributed by atoms with Gasteiger partial charge in [0.05, 0.1) is 32.9 Å². The third-order valence-electron chi connectivity index (χ3n) is 6.37. The molecule has 0 saturated carbocycles. The van der Waals surface area contributed by atoms with Crippen LogP contribution in [0.2, 0.25) is 5.02 Å². The van der Waals surface area contributed by atoms with Gasteiger partial charge in [-0.15, -0.1) is 10.2 Å². The first-order valence-electron chi connectivity index (χ1n) is 12.2. The molecule has 1 N–H and O–H groups in total. The van der Waals surface area contributed by atoms with Crippen molar-refractivity contribution >= 4 is 57.3 Å². The van der Waals surface area contributed by atoms with E-state index in [9.17, 15) is 14.7 Å². The Kier molecular flexibility index (Phi) is 8.48. The number of thioether (sulfide) groups is 1. The normalized spacial score (nSPS) is 16.2. The predicted octanol–water partition coefficient (Wildman–Crippen LogP) is 6.14. The minimum Gasteiger partial charge on any atom is -0.507 e. The van der Waals surface area contributed by atoms with Gasteiger partial charge in [-0.2, -0.15) is 0 Å². The highest BCUT2D eigenvalue weighted by Gasteiger charge is 2.49. The minimum atomic E-state index is -1.05. The van der Waals surface area contributed by atoms with Crippen LogP contribution in [0.1, 0.15) is 22.7 Å². The highest BCUT2D eigenvalue weighted by Crippen LogP contribution is 2.48. The number of ether oxygens (including phenoxy) is 3. The first-order chi connectivity index (χ1) is 19.9. The molecule has 3 aromatic carbocycles. The van der Waals surface area contributed by atoms with Crippen LogP contribution in [-0.2, 0) is 15.3 Å². The first kappa shape index (κ1) is 28.5. The lowest BCUT2D eigenvalue weighted by molar-refractivity contribution is -0.132. The van der Waals surface area contributed by atoms with Crippen LogP contribution in [0.3, 0.4) is 0 Å². The molecule has 1 aliphatic rings. The number of nitrogens with zero attached hydrogens (tertiary/aromatic N) is 3. The van der Waals surface area contributed by atoms with Crippen molar-refractivity contribution in [1.82, 2.24) is 10.2 Å². The summed E-state index contributed by atoms with van der Waals surface area (Å²) < 4.78 is 17.1. The Morgan fingerprint density at radius 3 is 2.24 bits per heavy atom. The maximum absolute atomic E-state index is 13.6. The number of aliphatic hydroxyl groups excluding tert-OH is 1. The summed E-state index contributed by atoms with van der Waals surface area (Å²) in [5.74, 6) is -0.410. The molecule has 0 aliphatic carbocycles. The van der Waals surface area contributed by atoms with Crippen LogP contribution in [0.4, 0.5) is 5.13 Å². The molecule has 0 radical (unpaired) electrons. The molecular weight excluding hydrogens is 586 g/mol. The minimum absolute atomic E-state index is 0.0963. The quantitative estimate of drug-likeness (QED) is 0.0787. The van der Waals surface area contributed by atoms with Gasteiger partial charge >= 0.3 is 5.91 Å². The Bertz CT molecular complexity index is 1600. The molecule has 41 heavy (non-hydrogen) atoms.